The number of rotatable bonds is 4. The van der Waals surface area contributed by atoms with Crippen molar-refractivity contribution in [2.75, 3.05) is 33.8 Å². The van der Waals surface area contributed by atoms with E-state index in [-0.39, 0.29) is 6.09 Å². The van der Waals surface area contributed by atoms with Crippen LogP contribution >= 0.6 is 0 Å². The van der Waals surface area contributed by atoms with Gasteiger partial charge in [0.05, 0.1) is 12.7 Å². The molecule has 1 saturated heterocycles. The second-order valence-electron chi connectivity index (χ2n) is 4.99. The number of nitrogens with zero attached hydrogens (tertiary/aromatic N) is 3. The molecule has 5 heteroatoms. The Bertz CT molecular complexity index is 315. The molecular weight excluding hydrogens is 230 g/mol. The maximum absolute atomic E-state index is 11.7. The fourth-order valence-corrected chi connectivity index (χ4v) is 2.11. The van der Waals surface area contributed by atoms with Crippen LogP contribution < -0.4 is 0 Å². The molecule has 1 aliphatic rings. The summed E-state index contributed by atoms with van der Waals surface area (Å²) in [4.78, 5) is 15.4. The number of hydrogen-bond acceptors (Lipinski definition) is 4. The van der Waals surface area contributed by atoms with Gasteiger partial charge in [0, 0.05) is 13.1 Å². The molecule has 0 unspecified atom stereocenters. The highest BCUT2D eigenvalue weighted by Gasteiger charge is 2.38. The summed E-state index contributed by atoms with van der Waals surface area (Å²) in [6.07, 6.45) is 3.04. The van der Waals surface area contributed by atoms with Gasteiger partial charge in [-0.1, -0.05) is 13.3 Å². The van der Waals surface area contributed by atoms with E-state index in [1.165, 1.54) is 0 Å². The lowest BCUT2D eigenvalue weighted by molar-refractivity contribution is 0.0648. The molecule has 102 valence electrons. The first-order valence-corrected chi connectivity index (χ1v) is 6.56. The fraction of sp³-hybridized carbons (Fsp3) is 0.846. The number of hydrogen-bond donors (Lipinski definition) is 0. The van der Waals surface area contributed by atoms with Crippen molar-refractivity contribution in [2.45, 2.75) is 38.1 Å². The Morgan fingerprint density at radius 2 is 2.06 bits per heavy atom. The molecular formula is C13H23N3O2. The largest absolute Gasteiger partial charge is 0.449 e. The standard InChI is InChI=1S/C13H23N3O2/c1-4-5-10-18-12(17)16-8-6-13(11-14,7-9-16)15(2)3/h4-10H2,1-3H3. The number of carbonyl (C=O) groups is 1. The topological polar surface area (TPSA) is 56.6 Å². The average molecular weight is 253 g/mol. The van der Waals surface area contributed by atoms with Crippen LogP contribution in [0.4, 0.5) is 4.79 Å². The summed E-state index contributed by atoms with van der Waals surface area (Å²) in [6.45, 7) is 3.74. The maximum Gasteiger partial charge on any atom is 0.409 e. The molecule has 0 aromatic rings. The number of carbonyl (C=O) groups excluding carboxylic acids is 1. The second kappa shape index (κ2) is 6.60. The number of ether oxygens (including phenoxy) is 1. The molecule has 0 radical (unpaired) electrons. The van der Waals surface area contributed by atoms with Gasteiger partial charge in [-0.25, -0.2) is 4.79 Å². The first-order chi connectivity index (χ1) is 8.55. The van der Waals surface area contributed by atoms with Gasteiger partial charge < -0.3 is 9.64 Å². The van der Waals surface area contributed by atoms with Crippen LogP contribution in [0.1, 0.15) is 32.6 Å². The molecule has 1 aliphatic heterocycles. The number of nitriles is 1. The van der Waals surface area contributed by atoms with Crippen LogP contribution in [0.5, 0.6) is 0 Å². The summed E-state index contributed by atoms with van der Waals surface area (Å²) in [5.41, 5.74) is -0.430. The minimum Gasteiger partial charge on any atom is -0.449 e. The zero-order valence-corrected chi connectivity index (χ0v) is 11.6. The molecule has 1 amide bonds. The Hall–Kier alpha value is -1.28. The van der Waals surface area contributed by atoms with Crippen molar-refractivity contribution in [1.29, 1.82) is 5.26 Å². The third-order valence-corrected chi connectivity index (χ3v) is 3.64. The highest BCUT2D eigenvalue weighted by atomic mass is 16.6. The summed E-state index contributed by atoms with van der Waals surface area (Å²) in [5.74, 6) is 0. The molecule has 1 heterocycles. The van der Waals surface area contributed by atoms with Gasteiger partial charge in [0.25, 0.3) is 0 Å². The number of amides is 1. The number of piperidine rings is 1. The lowest BCUT2D eigenvalue weighted by atomic mass is 9.88. The number of unbranched alkanes of at least 4 members (excludes halogenated alkanes) is 1. The first kappa shape index (κ1) is 14.8. The van der Waals surface area contributed by atoms with Gasteiger partial charge in [-0.2, -0.15) is 5.26 Å². The lowest BCUT2D eigenvalue weighted by Gasteiger charge is -2.40. The molecule has 0 aliphatic carbocycles. The lowest BCUT2D eigenvalue weighted by Crippen LogP contribution is -2.53. The van der Waals surface area contributed by atoms with E-state index in [1.54, 1.807) is 4.90 Å². The molecule has 0 bridgehead atoms. The molecule has 1 fully saturated rings. The summed E-state index contributed by atoms with van der Waals surface area (Å²) in [6, 6.07) is 2.38. The molecule has 18 heavy (non-hydrogen) atoms. The third-order valence-electron chi connectivity index (χ3n) is 3.64. The highest BCUT2D eigenvalue weighted by Crippen LogP contribution is 2.26. The fourth-order valence-electron chi connectivity index (χ4n) is 2.11. The van der Waals surface area contributed by atoms with E-state index < -0.39 is 5.54 Å². The zero-order chi connectivity index (χ0) is 13.6. The van der Waals surface area contributed by atoms with Gasteiger partial charge in [0.15, 0.2) is 0 Å². The summed E-state index contributed by atoms with van der Waals surface area (Å²) in [5, 5.41) is 9.28. The molecule has 0 atom stereocenters. The number of likely N-dealkylation sites (tertiary alicyclic amines) is 1. The highest BCUT2D eigenvalue weighted by molar-refractivity contribution is 5.67. The minimum absolute atomic E-state index is 0.242. The van der Waals surface area contributed by atoms with E-state index in [0.29, 0.717) is 32.5 Å². The summed E-state index contributed by atoms with van der Waals surface area (Å²) in [7, 11) is 3.83. The van der Waals surface area contributed by atoms with Crippen molar-refractivity contribution >= 4 is 6.09 Å². The quantitative estimate of drug-likeness (QED) is 0.717. The molecule has 0 aromatic carbocycles. The predicted molar refractivity (Wildman–Crippen MR) is 69.1 cm³/mol. The van der Waals surface area contributed by atoms with E-state index in [0.717, 1.165) is 12.8 Å². The third kappa shape index (κ3) is 3.36. The molecule has 0 N–H and O–H groups in total. The first-order valence-electron chi connectivity index (χ1n) is 6.56. The normalized spacial score (nSPS) is 18.5. The second-order valence-corrected chi connectivity index (χ2v) is 4.99. The maximum atomic E-state index is 11.7. The van der Waals surface area contributed by atoms with Gasteiger partial charge in [-0.05, 0) is 33.4 Å². The van der Waals surface area contributed by atoms with Crippen LogP contribution in [0.15, 0.2) is 0 Å². The van der Waals surface area contributed by atoms with Crippen molar-refractivity contribution in [3.05, 3.63) is 0 Å². The van der Waals surface area contributed by atoms with Gasteiger partial charge >= 0.3 is 6.09 Å². The Balaban J connectivity index is 2.44. The van der Waals surface area contributed by atoms with Crippen LogP contribution in [0, 0.1) is 11.3 Å². The Kier molecular flexibility index (Phi) is 5.42. The van der Waals surface area contributed by atoms with Crippen LogP contribution in [0.25, 0.3) is 0 Å². The van der Waals surface area contributed by atoms with E-state index in [2.05, 4.69) is 13.0 Å². The van der Waals surface area contributed by atoms with Gasteiger partial charge in [-0.15, -0.1) is 0 Å². The Morgan fingerprint density at radius 1 is 1.44 bits per heavy atom. The van der Waals surface area contributed by atoms with Crippen molar-refractivity contribution in [1.82, 2.24) is 9.80 Å². The van der Waals surface area contributed by atoms with Crippen molar-refractivity contribution < 1.29 is 9.53 Å². The molecule has 0 aromatic heterocycles. The smallest absolute Gasteiger partial charge is 0.409 e. The molecule has 0 spiro atoms. The Labute approximate surface area is 109 Å². The summed E-state index contributed by atoms with van der Waals surface area (Å²) < 4.78 is 5.17. The van der Waals surface area contributed by atoms with Gasteiger partial charge in [0.2, 0.25) is 0 Å². The monoisotopic (exact) mass is 253 g/mol. The van der Waals surface area contributed by atoms with Gasteiger partial charge in [0.1, 0.15) is 5.54 Å². The minimum atomic E-state index is -0.430. The predicted octanol–water partition coefficient (Wildman–Crippen LogP) is 1.84. The van der Waals surface area contributed by atoms with Crippen LogP contribution in [-0.2, 0) is 4.74 Å². The van der Waals surface area contributed by atoms with E-state index in [1.807, 2.05) is 19.0 Å². The van der Waals surface area contributed by atoms with E-state index in [4.69, 9.17) is 4.74 Å². The SMILES string of the molecule is CCCCOC(=O)N1CCC(C#N)(N(C)C)CC1. The van der Waals surface area contributed by atoms with Crippen molar-refractivity contribution in [3.63, 3.8) is 0 Å². The summed E-state index contributed by atoms with van der Waals surface area (Å²) >= 11 is 0. The molecule has 0 saturated carbocycles. The van der Waals surface area contributed by atoms with Gasteiger partial charge in [-0.3, -0.25) is 4.90 Å². The molecule has 1 rings (SSSR count). The van der Waals surface area contributed by atoms with Crippen molar-refractivity contribution in [3.8, 4) is 6.07 Å². The van der Waals surface area contributed by atoms with Crippen molar-refractivity contribution in [2.24, 2.45) is 0 Å². The van der Waals surface area contributed by atoms with Crippen LogP contribution in [-0.4, -0.2) is 55.2 Å². The van der Waals surface area contributed by atoms with E-state index >= 15 is 0 Å². The zero-order valence-electron chi connectivity index (χ0n) is 11.6. The van der Waals surface area contributed by atoms with Crippen LogP contribution in [0.2, 0.25) is 0 Å². The Morgan fingerprint density at radius 3 is 2.50 bits per heavy atom. The van der Waals surface area contributed by atoms with E-state index in [9.17, 15) is 10.1 Å². The average Bonchev–Trinajstić information content (AvgIpc) is 2.38. The molecule has 5 nitrogen and oxygen atoms in total. The van der Waals surface area contributed by atoms with Crippen LogP contribution in [0.3, 0.4) is 0 Å².